The van der Waals surface area contributed by atoms with Crippen LogP contribution in [0.25, 0.3) is 22.8 Å². The molecule has 2 aromatic heterocycles. The van der Waals surface area contributed by atoms with Crippen molar-refractivity contribution < 1.29 is 14.6 Å². The van der Waals surface area contributed by atoms with Crippen molar-refractivity contribution >= 4 is 5.82 Å². The van der Waals surface area contributed by atoms with Crippen molar-refractivity contribution in [2.75, 3.05) is 38.7 Å². The molecule has 0 radical (unpaired) electrons. The van der Waals surface area contributed by atoms with Crippen LogP contribution in [-0.4, -0.2) is 75.6 Å². The molecule has 0 saturated carbocycles. The first-order valence-electron chi connectivity index (χ1n) is 10.7. The number of rotatable bonds is 9. The topological polar surface area (TPSA) is 119 Å². The Bertz CT molecular complexity index is 1050. The van der Waals surface area contributed by atoms with Gasteiger partial charge in [-0.2, -0.15) is 0 Å². The van der Waals surface area contributed by atoms with Gasteiger partial charge in [0, 0.05) is 31.3 Å². The molecular weight excluding hydrogens is 410 g/mol. The van der Waals surface area contributed by atoms with E-state index in [0.717, 1.165) is 35.7 Å². The molecule has 1 fully saturated rings. The van der Waals surface area contributed by atoms with Gasteiger partial charge >= 0.3 is 0 Å². The Labute approximate surface area is 187 Å². The predicted octanol–water partition coefficient (Wildman–Crippen LogP) is 1.41. The van der Waals surface area contributed by atoms with Crippen molar-refractivity contribution in [2.45, 2.75) is 25.5 Å². The van der Waals surface area contributed by atoms with Gasteiger partial charge in [-0.3, -0.25) is 4.68 Å². The Hall–Kier alpha value is -3.08. The first-order chi connectivity index (χ1) is 15.5. The second-order valence-electron chi connectivity index (χ2n) is 7.90. The largest absolute Gasteiger partial charge is 0.491 e. The zero-order valence-corrected chi connectivity index (χ0v) is 18.6. The maximum atomic E-state index is 9.92. The molecule has 0 spiro atoms. The maximum absolute atomic E-state index is 9.92. The van der Waals surface area contributed by atoms with Crippen molar-refractivity contribution in [3.05, 3.63) is 36.0 Å². The van der Waals surface area contributed by atoms with E-state index in [0.29, 0.717) is 30.4 Å². The van der Waals surface area contributed by atoms with Gasteiger partial charge < -0.3 is 25.2 Å². The van der Waals surface area contributed by atoms with Gasteiger partial charge in [0.25, 0.3) is 0 Å². The molecule has 3 N–H and O–H groups in total. The third kappa shape index (κ3) is 5.21. The van der Waals surface area contributed by atoms with E-state index in [1.54, 1.807) is 11.7 Å². The fourth-order valence-electron chi connectivity index (χ4n) is 3.55. The summed E-state index contributed by atoms with van der Waals surface area (Å²) in [5.74, 6) is 1.95. The van der Waals surface area contributed by atoms with Crippen molar-refractivity contribution in [2.24, 2.45) is 7.05 Å². The van der Waals surface area contributed by atoms with Crippen molar-refractivity contribution in [1.82, 2.24) is 30.3 Å². The Balaban J connectivity index is 1.67. The summed E-state index contributed by atoms with van der Waals surface area (Å²) in [7, 11) is 3.61. The van der Waals surface area contributed by atoms with Crippen LogP contribution >= 0.6 is 0 Å². The zero-order chi connectivity index (χ0) is 22.5. The van der Waals surface area contributed by atoms with Crippen LogP contribution in [0.1, 0.15) is 12.0 Å². The maximum Gasteiger partial charge on any atom is 0.162 e. The first kappa shape index (κ1) is 22.1. The van der Waals surface area contributed by atoms with E-state index in [9.17, 15) is 5.11 Å². The van der Waals surface area contributed by atoms with Crippen LogP contribution in [0.4, 0.5) is 5.82 Å². The summed E-state index contributed by atoms with van der Waals surface area (Å²) in [4.78, 5) is 9.63. The number of ether oxygens (including phenoxy) is 2. The van der Waals surface area contributed by atoms with Crippen LogP contribution < -0.4 is 15.4 Å². The van der Waals surface area contributed by atoms with E-state index in [1.807, 2.05) is 44.4 Å². The lowest BCUT2D eigenvalue weighted by atomic mass is 10.1. The van der Waals surface area contributed by atoms with Crippen molar-refractivity contribution in [1.29, 1.82) is 0 Å². The van der Waals surface area contributed by atoms with Crippen LogP contribution in [0.15, 0.2) is 30.5 Å². The van der Waals surface area contributed by atoms with Gasteiger partial charge in [0.05, 0.1) is 18.8 Å². The summed E-state index contributed by atoms with van der Waals surface area (Å²) in [5, 5.41) is 24.7. The molecule has 32 heavy (non-hydrogen) atoms. The Morgan fingerprint density at radius 2 is 2.22 bits per heavy atom. The fraction of sp³-hybridized carbons (Fsp3) is 0.455. The Morgan fingerprint density at radius 3 is 2.94 bits per heavy atom. The molecule has 10 heteroatoms. The molecule has 4 rings (SSSR count). The third-order valence-electron chi connectivity index (χ3n) is 5.24. The molecular formula is C22H29N7O3. The molecule has 3 heterocycles. The average molecular weight is 440 g/mol. The summed E-state index contributed by atoms with van der Waals surface area (Å²) in [6.07, 6.45) is 2.17. The number of anilines is 1. The summed E-state index contributed by atoms with van der Waals surface area (Å²) in [6.45, 7) is 4.02. The van der Waals surface area contributed by atoms with E-state index < -0.39 is 6.10 Å². The molecule has 0 bridgehead atoms. The quantitative estimate of drug-likeness (QED) is 0.454. The highest BCUT2D eigenvalue weighted by Crippen LogP contribution is 2.30. The van der Waals surface area contributed by atoms with E-state index in [-0.39, 0.29) is 12.6 Å². The number of aryl methyl sites for hydroxylation is 1. The van der Waals surface area contributed by atoms with E-state index >= 15 is 0 Å². The first-order valence-corrected chi connectivity index (χ1v) is 10.7. The van der Waals surface area contributed by atoms with Crippen LogP contribution in [0.5, 0.6) is 5.75 Å². The highest BCUT2D eigenvalue weighted by Gasteiger charge is 2.21. The molecule has 10 nitrogen and oxygen atoms in total. The molecule has 1 saturated heterocycles. The summed E-state index contributed by atoms with van der Waals surface area (Å²) >= 11 is 0. The van der Waals surface area contributed by atoms with E-state index in [2.05, 4.69) is 20.9 Å². The summed E-state index contributed by atoms with van der Waals surface area (Å²) < 4.78 is 12.9. The number of nitrogens with one attached hydrogen (secondary N) is 2. The van der Waals surface area contributed by atoms with Gasteiger partial charge in [0.15, 0.2) is 5.82 Å². The van der Waals surface area contributed by atoms with Gasteiger partial charge in [-0.1, -0.05) is 17.3 Å². The van der Waals surface area contributed by atoms with Gasteiger partial charge in [-0.15, -0.1) is 5.10 Å². The van der Waals surface area contributed by atoms with Crippen LogP contribution in [0.2, 0.25) is 0 Å². The van der Waals surface area contributed by atoms with Crippen LogP contribution in [0, 0.1) is 6.92 Å². The number of hydrogen-bond donors (Lipinski definition) is 3. The number of aliphatic hydroxyl groups is 1. The molecule has 0 aliphatic carbocycles. The Kier molecular flexibility index (Phi) is 6.93. The second-order valence-corrected chi connectivity index (χ2v) is 7.90. The van der Waals surface area contributed by atoms with Crippen molar-refractivity contribution in [3.8, 4) is 28.5 Å². The van der Waals surface area contributed by atoms with E-state index in [4.69, 9.17) is 19.4 Å². The highest BCUT2D eigenvalue weighted by molar-refractivity contribution is 5.70. The number of benzene rings is 1. The standard InChI is InChI=1S/C22H29N7O3/c1-14-20(19-11-29(3)28-27-19)25-22(26-21(14)24-16-7-8-31-12-16)15-5-4-6-18(9-15)32-13-17(30)10-23-2/h4-6,9,11,16-17,23,30H,7-8,10,12-13H2,1-3H3,(H,24,25,26). The molecule has 1 aromatic carbocycles. The number of aromatic nitrogens is 5. The molecule has 1 aliphatic rings. The molecule has 3 aromatic rings. The molecule has 2 atom stereocenters. The van der Waals surface area contributed by atoms with Gasteiger partial charge in [-0.05, 0) is 32.5 Å². The smallest absolute Gasteiger partial charge is 0.162 e. The third-order valence-corrected chi connectivity index (χ3v) is 5.24. The SMILES string of the molecule is CNCC(O)COc1cccc(-c2nc(NC3CCOC3)c(C)c(-c3cn(C)nn3)n2)c1. The second kappa shape index (κ2) is 10.0. The highest BCUT2D eigenvalue weighted by atomic mass is 16.5. The number of aliphatic hydroxyl groups excluding tert-OH is 1. The monoisotopic (exact) mass is 439 g/mol. The van der Waals surface area contributed by atoms with Crippen LogP contribution in [0.3, 0.4) is 0 Å². The summed E-state index contributed by atoms with van der Waals surface area (Å²) in [5.41, 5.74) is 3.12. The molecule has 0 amide bonds. The van der Waals surface area contributed by atoms with Gasteiger partial charge in [-0.25, -0.2) is 9.97 Å². The fourth-order valence-corrected chi connectivity index (χ4v) is 3.55. The molecule has 170 valence electrons. The van der Waals surface area contributed by atoms with Crippen LogP contribution in [-0.2, 0) is 11.8 Å². The van der Waals surface area contributed by atoms with Gasteiger partial charge in [0.1, 0.15) is 35.7 Å². The Morgan fingerprint density at radius 1 is 1.34 bits per heavy atom. The number of hydrogen-bond acceptors (Lipinski definition) is 9. The predicted molar refractivity (Wildman–Crippen MR) is 120 cm³/mol. The number of likely N-dealkylation sites (N-methyl/N-ethyl adjacent to an activating group) is 1. The lowest BCUT2D eigenvalue weighted by Gasteiger charge is -2.17. The minimum Gasteiger partial charge on any atom is -0.491 e. The van der Waals surface area contributed by atoms with Crippen molar-refractivity contribution in [3.63, 3.8) is 0 Å². The average Bonchev–Trinajstić information content (AvgIpc) is 3.46. The molecule has 1 aliphatic heterocycles. The molecule has 2 unspecified atom stereocenters. The normalized spacial score (nSPS) is 16.8. The zero-order valence-electron chi connectivity index (χ0n) is 18.6. The minimum atomic E-state index is -0.591. The number of nitrogens with zero attached hydrogens (tertiary/aromatic N) is 5. The van der Waals surface area contributed by atoms with Gasteiger partial charge in [0.2, 0.25) is 0 Å². The lowest BCUT2D eigenvalue weighted by Crippen LogP contribution is -2.29. The van der Waals surface area contributed by atoms with E-state index in [1.165, 1.54) is 0 Å². The summed E-state index contributed by atoms with van der Waals surface area (Å²) in [6, 6.07) is 7.75. The minimum absolute atomic E-state index is 0.193. The lowest BCUT2D eigenvalue weighted by molar-refractivity contribution is 0.108.